The third kappa shape index (κ3) is 5.13. The smallest absolute Gasteiger partial charge is 0.276 e. The average molecular weight is 403 g/mol. The highest BCUT2D eigenvalue weighted by Gasteiger charge is 2.24. The van der Waals surface area contributed by atoms with Crippen LogP contribution in [0.1, 0.15) is 63.8 Å². The number of sulfonamides is 1. The first-order valence-corrected chi connectivity index (χ1v) is 10.7. The Balaban J connectivity index is 2.41. The number of hydrogen-bond donors (Lipinski definition) is 2. The molecule has 0 radical (unpaired) electrons. The fourth-order valence-electron chi connectivity index (χ4n) is 2.76. The van der Waals surface area contributed by atoms with Gasteiger partial charge in [-0.2, -0.15) is 13.5 Å². The summed E-state index contributed by atoms with van der Waals surface area (Å²) in [4.78, 5) is 2.36. The molecule has 28 heavy (non-hydrogen) atoms. The zero-order valence-electron chi connectivity index (χ0n) is 17.7. The first-order chi connectivity index (χ1) is 12.7. The van der Waals surface area contributed by atoms with E-state index in [1.165, 1.54) is 18.3 Å². The molecule has 0 aliphatic carbocycles. The molecule has 0 aliphatic rings. The van der Waals surface area contributed by atoms with Crippen LogP contribution in [-0.4, -0.2) is 19.7 Å². The summed E-state index contributed by atoms with van der Waals surface area (Å²) in [6.45, 7) is 14.3. The van der Waals surface area contributed by atoms with Gasteiger partial charge in [-0.15, -0.1) is 0 Å². The summed E-state index contributed by atoms with van der Waals surface area (Å²) < 4.78 is 24.8. The van der Waals surface area contributed by atoms with E-state index < -0.39 is 10.0 Å². The van der Waals surface area contributed by atoms with Crippen molar-refractivity contribution in [1.29, 1.82) is 0 Å². The van der Waals surface area contributed by atoms with Crippen LogP contribution in [-0.2, 0) is 20.9 Å². The lowest BCUT2D eigenvalue weighted by Gasteiger charge is -2.27. The molecule has 152 valence electrons. The zero-order valence-corrected chi connectivity index (χ0v) is 18.5. The van der Waals surface area contributed by atoms with Crippen LogP contribution in [0, 0.1) is 6.92 Å². The first kappa shape index (κ1) is 22.0. The summed E-state index contributed by atoms with van der Waals surface area (Å²) in [5.74, 6) is 0.0793. The summed E-state index contributed by atoms with van der Waals surface area (Å²) in [6, 6.07) is 10.3. The molecular weight excluding hydrogens is 372 g/mol. The number of phenols is 1. The predicted octanol–water partition coefficient (Wildman–Crippen LogP) is 4.61. The van der Waals surface area contributed by atoms with Crippen molar-refractivity contribution in [3.05, 3.63) is 58.7 Å². The minimum atomic E-state index is -3.77. The van der Waals surface area contributed by atoms with Crippen LogP contribution in [0.5, 0.6) is 5.75 Å². The van der Waals surface area contributed by atoms with Gasteiger partial charge in [0.05, 0.1) is 11.1 Å². The molecule has 5 nitrogen and oxygen atoms in total. The highest BCUT2D eigenvalue weighted by molar-refractivity contribution is 7.89. The van der Waals surface area contributed by atoms with Crippen molar-refractivity contribution < 1.29 is 13.5 Å². The Morgan fingerprint density at radius 1 is 0.964 bits per heavy atom. The van der Waals surface area contributed by atoms with Crippen molar-refractivity contribution >= 4 is 16.2 Å². The molecule has 0 saturated heterocycles. The van der Waals surface area contributed by atoms with Crippen molar-refractivity contribution in [2.75, 3.05) is 0 Å². The molecule has 2 N–H and O–H groups in total. The van der Waals surface area contributed by atoms with Gasteiger partial charge in [0.1, 0.15) is 5.75 Å². The monoisotopic (exact) mass is 402 g/mol. The van der Waals surface area contributed by atoms with Crippen molar-refractivity contribution in [3.63, 3.8) is 0 Å². The van der Waals surface area contributed by atoms with E-state index in [2.05, 4.69) is 36.8 Å². The number of benzene rings is 2. The number of hydrazone groups is 1. The van der Waals surface area contributed by atoms with Crippen LogP contribution < -0.4 is 4.83 Å². The minimum Gasteiger partial charge on any atom is -0.507 e. The lowest BCUT2D eigenvalue weighted by Crippen LogP contribution is -2.20. The van der Waals surface area contributed by atoms with Crippen LogP contribution in [0.2, 0.25) is 0 Å². The van der Waals surface area contributed by atoms with Crippen LogP contribution in [0.25, 0.3) is 0 Å². The maximum absolute atomic E-state index is 12.4. The summed E-state index contributed by atoms with van der Waals surface area (Å²) in [5, 5.41) is 14.5. The molecule has 0 bridgehead atoms. The van der Waals surface area contributed by atoms with Crippen molar-refractivity contribution in [1.82, 2.24) is 4.83 Å². The Labute approximate surface area is 168 Å². The Kier molecular flexibility index (Phi) is 5.95. The number of phenolic OH excluding ortho intramolecular Hbond substituents is 1. The van der Waals surface area contributed by atoms with Crippen molar-refractivity contribution in [2.24, 2.45) is 5.10 Å². The third-order valence-corrected chi connectivity index (χ3v) is 5.77. The van der Waals surface area contributed by atoms with E-state index in [0.29, 0.717) is 5.56 Å². The maximum atomic E-state index is 12.4. The van der Waals surface area contributed by atoms with Gasteiger partial charge < -0.3 is 5.11 Å². The molecule has 0 aliphatic heterocycles. The molecule has 0 heterocycles. The van der Waals surface area contributed by atoms with Crippen LogP contribution >= 0.6 is 0 Å². The second kappa shape index (κ2) is 7.59. The fraction of sp³-hybridized carbons (Fsp3) is 0.409. The Morgan fingerprint density at radius 2 is 1.54 bits per heavy atom. The van der Waals surface area contributed by atoms with E-state index >= 15 is 0 Å². The Morgan fingerprint density at radius 3 is 2.04 bits per heavy atom. The van der Waals surface area contributed by atoms with Crippen LogP contribution in [0.4, 0.5) is 0 Å². The van der Waals surface area contributed by atoms with E-state index in [9.17, 15) is 13.5 Å². The minimum absolute atomic E-state index is 0.0793. The fourth-order valence-corrected chi connectivity index (χ4v) is 3.55. The van der Waals surface area contributed by atoms with Crippen LogP contribution in [0.15, 0.2) is 46.4 Å². The number of aromatic hydroxyl groups is 1. The molecule has 0 amide bonds. The third-order valence-electron chi connectivity index (χ3n) is 4.53. The number of aryl methyl sites for hydroxylation is 1. The number of rotatable bonds is 4. The average Bonchev–Trinajstić information content (AvgIpc) is 2.54. The van der Waals surface area contributed by atoms with E-state index in [0.717, 1.165) is 16.7 Å². The summed E-state index contributed by atoms with van der Waals surface area (Å²) >= 11 is 0. The molecule has 0 saturated carbocycles. The van der Waals surface area contributed by atoms with Crippen molar-refractivity contribution in [3.8, 4) is 5.75 Å². The molecule has 2 rings (SSSR count). The SMILES string of the molecule is Cc1ccc(S(=O)(=O)N/N=C/c2c(O)cc(C(C)(C)C)cc2C(C)(C)C)cc1. The lowest BCUT2D eigenvalue weighted by atomic mass is 9.78. The molecule has 6 heteroatoms. The molecule has 0 unspecified atom stereocenters. The summed E-state index contributed by atoms with van der Waals surface area (Å²) in [7, 11) is -3.77. The van der Waals surface area contributed by atoms with Gasteiger partial charge in [-0.05, 0) is 47.1 Å². The van der Waals surface area contributed by atoms with Gasteiger partial charge in [0.25, 0.3) is 10.0 Å². The van der Waals surface area contributed by atoms with E-state index in [1.807, 2.05) is 27.7 Å². The van der Waals surface area contributed by atoms with Gasteiger partial charge >= 0.3 is 0 Å². The summed E-state index contributed by atoms with van der Waals surface area (Å²) in [5.41, 5.74) is 3.01. The molecular formula is C22H30N2O3S. The quantitative estimate of drug-likeness (QED) is 0.579. The molecule has 2 aromatic rings. The Bertz CT molecular complexity index is 978. The van der Waals surface area contributed by atoms with Crippen LogP contribution in [0.3, 0.4) is 0 Å². The second-order valence-electron chi connectivity index (χ2n) is 9.12. The number of nitrogens with one attached hydrogen (secondary N) is 1. The van der Waals surface area contributed by atoms with Gasteiger partial charge in [-0.3, -0.25) is 0 Å². The standard InChI is InChI=1S/C22H30N2O3S/c1-15-8-10-17(11-9-15)28(26,27)24-23-14-18-19(22(5,6)7)12-16(13-20(18)25)21(2,3)4/h8-14,24-25H,1-7H3/b23-14+. The molecule has 0 atom stereocenters. The second-order valence-corrected chi connectivity index (χ2v) is 10.8. The molecule has 0 spiro atoms. The van der Waals surface area contributed by atoms with Gasteiger partial charge in [0.2, 0.25) is 0 Å². The van der Waals surface area contributed by atoms with Gasteiger partial charge in [-0.25, -0.2) is 4.83 Å². The first-order valence-electron chi connectivity index (χ1n) is 9.21. The van der Waals surface area contributed by atoms with E-state index in [4.69, 9.17) is 0 Å². The number of hydrogen-bond acceptors (Lipinski definition) is 4. The van der Waals surface area contributed by atoms with E-state index in [1.54, 1.807) is 18.2 Å². The van der Waals surface area contributed by atoms with E-state index in [-0.39, 0.29) is 21.5 Å². The largest absolute Gasteiger partial charge is 0.507 e. The predicted molar refractivity (Wildman–Crippen MR) is 115 cm³/mol. The normalized spacial score (nSPS) is 13.1. The molecule has 2 aromatic carbocycles. The maximum Gasteiger partial charge on any atom is 0.276 e. The topological polar surface area (TPSA) is 78.8 Å². The van der Waals surface area contributed by atoms with Gasteiger partial charge in [0, 0.05) is 5.56 Å². The zero-order chi connectivity index (χ0) is 21.3. The summed E-state index contributed by atoms with van der Waals surface area (Å²) in [6.07, 6.45) is 1.37. The highest BCUT2D eigenvalue weighted by Crippen LogP contribution is 2.35. The highest BCUT2D eigenvalue weighted by atomic mass is 32.2. The van der Waals surface area contributed by atoms with Crippen molar-refractivity contribution in [2.45, 2.75) is 64.2 Å². The molecule has 0 aromatic heterocycles. The lowest BCUT2D eigenvalue weighted by molar-refractivity contribution is 0.464. The van der Waals surface area contributed by atoms with Gasteiger partial charge in [-0.1, -0.05) is 65.3 Å². The molecule has 0 fully saturated rings. The van der Waals surface area contributed by atoms with Gasteiger partial charge in [0.15, 0.2) is 0 Å². The Hall–Kier alpha value is -2.34. The number of nitrogens with zero attached hydrogens (tertiary/aromatic N) is 1.